The molecule has 0 N–H and O–H groups in total. The molecule has 1 radical (unpaired) electrons. The van der Waals surface area contributed by atoms with E-state index in [0.29, 0.717) is 0 Å². The molecule has 0 aliphatic rings. The van der Waals surface area contributed by atoms with Gasteiger partial charge < -0.3 is 0 Å². The van der Waals surface area contributed by atoms with Crippen LogP contribution in [0.1, 0.15) is 18.9 Å². The molecular weight excluding hydrogens is 127 g/mol. The van der Waals surface area contributed by atoms with Crippen LogP contribution in [-0.2, 0) is 6.42 Å². The monoisotopic (exact) mass is 137 g/mol. The first-order chi connectivity index (χ1) is 4.83. The summed E-state index contributed by atoms with van der Waals surface area (Å²) in [6, 6.07) is 7.52. The van der Waals surface area contributed by atoms with Crippen LogP contribution in [0.15, 0.2) is 18.2 Å². The van der Waals surface area contributed by atoms with Crippen molar-refractivity contribution in [1.82, 2.24) is 0 Å². The second-order valence-electron chi connectivity index (χ2n) is 2.29. The Kier molecular flexibility index (Phi) is 2.43. The zero-order valence-corrected chi connectivity index (χ0v) is 6.02. The summed E-state index contributed by atoms with van der Waals surface area (Å²) in [4.78, 5) is 0. The second-order valence-corrected chi connectivity index (χ2v) is 2.29. The molecule has 0 unspecified atom stereocenters. The summed E-state index contributed by atoms with van der Waals surface area (Å²) >= 11 is 0. The van der Waals surface area contributed by atoms with Crippen molar-refractivity contribution in [1.29, 1.82) is 0 Å². The van der Waals surface area contributed by atoms with E-state index in [1.165, 1.54) is 6.07 Å². The van der Waals surface area contributed by atoms with E-state index < -0.39 is 0 Å². The lowest BCUT2D eigenvalue weighted by atomic mass is 10.1. The van der Waals surface area contributed by atoms with Crippen LogP contribution >= 0.6 is 0 Å². The fraction of sp³-hybridized carbons (Fsp3) is 0.333. The summed E-state index contributed by atoms with van der Waals surface area (Å²) in [5.74, 6) is -0.258. The van der Waals surface area contributed by atoms with E-state index in [0.717, 1.165) is 18.4 Å². The number of aryl methyl sites for hydroxylation is 1. The molecule has 1 aromatic rings. The molecule has 0 saturated carbocycles. The van der Waals surface area contributed by atoms with Gasteiger partial charge in [0, 0.05) is 6.07 Å². The highest BCUT2D eigenvalue weighted by atomic mass is 19.1. The molecule has 0 amide bonds. The van der Waals surface area contributed by atoms with Gasteiger partial charge in [-0.15, -0.1) is 0 Å². The van der Waals surface area contributed by atoms with Crippen molar-refractivity contribution < 1.29 is 4.39 Å². The zero-order valence-electron chi connectivity index (χ0n) is 6.02. The molecule has 0 atom stereocenters. The first-order valence-electron chi connectivity index (χ1n) is 3.49. The minimum absolute atomic E-state index is 0.258. The van der Waals surface area contributed by atoms with Crippen LogP contribution in [-0.4, -0.2) is 0 Å². The highest BCUT2D eigenvalue weighted by molar-refractivity contribution is 5.15. The van der Waals surface area contributed by atoms with E-state index in [-0.39, 0.29) is 5.82 Å². The van der Waals surface area contributed by atoms with Gasteiger partial charge in [-0.1, -0.05) is 25.5 Å². The van der Waals surface area contributed by atoms with Crippen LogP contribution in [0.3, 0.4) is 0 Å². The maximum Gasteiger partial charge on any atom is 0.131 e. The molecule has 0 heterocycles. The molecule has 1 aromatic carbocycles. The predicted molar refractivity (Wildman–Crippen MR) is 39.2 cm³/mol. The first kappa shape index (κ1) is 7.26. The van der Waals surface area contributed by atoms with Crippen LogP contribution < -0.4 is 0 Å². The molecule has 0 fully saturated rings. The summed E-state index contributed by atoms with van der Waals surface area (Å²) in [5.41, 5.74) is 1.05. The van der Waals surface area contributed by atoms with Gasteiger partial charge in [0.15, 0.2) is 0 Å². The molecular formula is C9H10F. The van der Waals surface area contributed by atoms with E-state index in [1.54, 1.807) is 6.07 Å². The lowest BCUT2D eigenvalue weighted by molar-refractivity contribution is 0.622. The van der Waals surface area contributed by atoms with Crippen LogP contribution in [0.4, 0.5) is 4.39 Å². The smallest absolute Gasteiger partial charge is 0.131 e. The maximum absolute atomic E-state index is 12.4. The third-order valence-corrected chi connectivity index (χ3v) is 1.37. The Labute approximate surface area is 60.7 Å². The van der Waals surface area contributed by atoms with Gasteiger partial charge >= 0.3 is 0 Å². The van der Waals surface area contributed by atoms with Crippen molar-refractivity contribution in [3.63, 3.8) is 0 Å². The van der Waals surface area contributed by atoms with Gasteiger partial charge in [0.2, 0.25) is 0 Å². The predicted octanol–water partition coefficient (Wildman–Crippen LogP) is 2.58. The van der Waals surface area contributed by atoms with Gasteiger partial charge in [0.25, 0.3) is 0 Å². The van der Waals surface area contributed by atoms with Gasteiger partial charge in [-0.2, -0.15) is 0 Å². The Morgan fingerprint density at radius 3 is 3.00 bits per heavy atom. The van der Waals surface area contributed by atoms with Crippen LogP contribution in [0.5, 0.6) is 0 Å². The summed E-state index contributed by atoms with van der Waals surface area (Å²) in [5, 5.41) is 0. The molecule has 0 spiro atoms. The number of hydrogen-bond donors (Lipinski definition) is 0. The summed E-state index contributed by atoms with van der Waals surface area (Å²) < 4.78 is 12.4. The third kappa shape index (κ3) is 1.83. The molecule has 53 valence electrons. The Balaban J connectivity index is 2.75. The Hall–Kier alpha value is -0.850. The second kappa shape index (κ2) is 3.35. The molecule has 0 aromatic heterocycles. The Bertz CT molecular complexity index is 206. The normalized spacial score (nSPS) is 9.80. The average Bonchev–Trinajstić information content (AvgIpc) is 1.88. The van der Waals surface area contributed by atoms with Gasteiger partial charge in [-0.3, -0.25) is 0 Å². The van der Waals surface area contributed by atoms with Crippen molar-refractivity contribution in [2.24, 2.45) is 0 Å². The highest BCUT2D eigenvalue weighted by Gasteiger charge is 1.91. The average molecular weight is 137 g/mol. The SMILES string of the molecule is CCCc1cc[c]c(F)c1. The third-order valence-electron chi connectivity index (χ3n) is 1.37. The van der Waals surface area contributed by atoms with Crippen molar-refractivity contribution in [2.45, 2.75) is 19.8 Å². The van der Waals surface area contributed by atoms with E-state index in [2.05, 4.69) is 13.0 Å². The Morgan fingerprint density at radius 2 is 2.40 bits per heavy atom. The molecule has 1 heteroatoms. The molecule has 0 bridgehead atoms. The summed E-state index contributed by atoms with van der Waals surface area (Å²) in [7, 11) is 0. The molecule has 10 heavy (non-hydrogen) atoms. The van der Waals surface area contributed by atoms with E-state index in [1.807, 2.05) is 6.07 Å². The lowest BCUT2D eigenvalue weighted by Crippen LogP contribution is -1.83. The van der Waals surface area contributed by atoms with Crippen LogP contribution in [0, 0.1) is 11.9 Å². The van der Waals surface area contributed by atoms with Crippen LogP contribution in [0.2, 0.25) is 0 Å². The highest BCUT2D eigenvalue weighted by Crippen LogP contribution is 2.04. The topological polar surface area (TPSA) is 0 Å². The fourth-order valence-corrected chi connectivity index (χ4v) is 0.925. The number of hydrogen-bond acceptors (Lipinski definition) is 0. The molecule has 1 rings (SSSR count). The molecule has 0 nitrogen and oxygen atoms in total. The van der Waals surface area contributed by atoms with E-state index >= 15 is 0 Å². The summed E-state index contributed by atoms with van der Waals surface area (Å²) in [6.45, 7) is 2.08. The fourth-order valence-electron chi connectivity index (χ4n) is 0.925. The lowest BCUT2D eigenvalue weighted by Gasteiger charge is -1.95. The van der Waals surface area contributed by atoms with Gasteiger partial charge in [0.1, 0.15) is 5.82 Å². The van der Waals surface area contributed by atoms with Crippen molar-refractivity contribution in [2.75, 3.05) is 0 Å². The number of benzene rings is 1. The van der Waals surface area contributed by atoms with Gasteiger partial charge in [0.05, 0.1) is 0 Å². The minimum atomic E-state index is -0.258. The van der Waals surface area contributed by atoms with E-state index in [4.69, 9.17) is 0 Å². The first-order valence-corrected chi connectivity index (χ1v) is 3.49. The molecule has 0 saturated heterocycles. The largest absolute Gasteiger partial charge is 0.206 e. The van der Waals surface area contributed by atoms with Crippen molar-refractivity contribution >= 4 is 0 Å². The molecule has 0 aliphatic heterocycles. The quantitative estimate of drug-likeness (QED) is 0.587. The summed E-state index contributed by atoms with van der Waals surface area (Å²) in [6.07, 6.45) is 2.01. The van der Waals surface area contributed by atoms with Crippen molar-refractivity contribution in [3.05, 3.63) is 35.6 Å². The van der Waals surface area contributed by atoms with E-state index in [9.17, 15) is 4.39 Å². The standard InChI is InChI=1S/C9H10F/c1-2-4-8-5-3-6-9(10)7-8/h3,5,7H,2,4H2,1H3. The minimum Gasteiger partial charge on any atom is -0.206 e. The van der Waals surface area contributed by atoms with Crippen LogP contribution in [0.25, 0.3) is 0 Å². The number of rotatable bonds is 2. The van der Waals surface area contributed by atoms with Crippen molar-refractivity contribution in [3.8, 4) is 0 Å². The Morgan fingerprint density at radius 1 is 1.60 bits per heavy atom. The molecule has 0 aliphatic carbocycles. The van der Waals surface area contributed by atoms with Gasteiger partial charge in [-0.25, -0.2) is 4.39 Å². The number of halogens is 1. The zero-order chi connectivity index (χ0) is 7.40. The van der Waals surface area contributed by atoms with Gasteiger partial charge in [-0.05, 0) is 18.1 Å². The maximum atomic E-state index is 12.4.